The molecule has 0 aliphatic carbocycles. The molecule has 0 fully saturated rings. The van der Waals surface area contributed by atoms with Crippen molar-refractivity contribution >= 4 is 47.8 Å². The third-order valence-electron chi connectivity index (χ3n) is 5.41. The molecule has 2 radical (unpaired) electrons. The minimum Gasteiger partial charge on any atom is -0.507 e. The number of aromatic hydroxyl groups is 3. The number of hydrogen-bond acceptors (Lipinski definition) is 8. The number of thiazole rings is 1. The van der Waals surface area contributed by atoms with Gasteiger partial charge in [-0.15, -0.1) is 11.3 Å². The number of phenolic OH excluding ortho intramolecular Hbond substituents is 3. The molecule has 5 rings (SSSR count). The van der Waals surface area contributed by atoms with E-state index in [-0.39, 0.29) is 31.5 Å². The van der Waals surface area contributed by atoms with E-state index in [1.807, 2.05) is 0 Å². The van der Waals surface area contributed by atoms with Crippen LogP contribution in [0.15, 0.2) is 40.5 Å². The number of halogens is 6. The molecule has 2 aromatic carbocycles. The number of nitrogens with zero attached hydrogens (tertiary/aromatic N) is 4. The average molecular weight is 583 g/mol. The minimum absolute atomic E-state index is 0.0848. The summed E-state index contributed by atoms with van der Waals surface area (Å²) in [5.74, 6) is -4.52. The Kier molecular flexibility index (Phi) is 6.28. The van der Waals surface area contributed by atoms with Crippen LogP contribution in [0.25, 0.3) is 38.8 Å². The summed E-state index contributed by atoms with van der Waals surface area (Å²) in [5.41, 5.74) is -4.59. The molecule has 8 nitrogen and oxygen atoms in total. The first-order valence-electron chi connectivity index (χ1n) is 10.1. The van der Waals surface area contributed by atoms with Crippen molar-refractivity contribution in [3.8, 4) is 56.1 Å². The maximum atomic E-state index is 14.8. The molecule has 0 saturated heterocycles. The van der Waals surface area contributed by atoms with Gasteiger partial charge < -0.3 is 19.8 Å². The van der Waals surface area contributed by atoms with Crippen LogP contribution in [0.4, 0.5) is 17.6 Å². The molecule has 0 aliphatic rings. The second kappa shape index (κ2) is 9.22. The molecule has 16 heteroatoms. The number of aromatic nitrogens is 4. The number of alkyl halides is 3. The van der Waals surface area contributed by atoms with Crippen molar-refractivity contribution < 1.29 is 37.4 Å². The molecule has 192 valence electrons. The van der Waals surface area contributed by atoms with E-state index >= 15 is 0 Å². The Labute approximate surface area is 224 Å². The minimum atomic E-state index is -5.19. The summed E-state index contributed by atoms with van der Waals surface area (Å²) in [7, 11) is 5.55. The maximum absolute atomic E-state index is 14.8. The van der Waals surface area contributed by atoms with Gasteiger partial charge in [-0.1, -0.05) is 34.4 Å². The highest BCUT2D eigenvalue weighted by molar-refractivity contribution is 7.13. The molecule has 0 atom stereocenters. The van der Waals surface area contributed by atoms with Gasteiger partial charge in [0, 0.05) is 11.6 Å². The van der Waals surface area contributed by atoms with E-state index in [1.54, 1.807) is 0 Å². The van der Waals surface area contributed by atoms with Gasteiger partial charge in [-0.05, 0) is 17.6 Å². The molecular weight excluding hydrogens is 574 g/mol. The van der Waals surface area contributed by atoms with E-state index in [4.69, 9.17) is 35.6 Å². The van der Waals surface area contributed by atoms with Gasteiger partial charge >= 0.3 is 6.18 Å². The summed E-state index contributed by atoms with van der Waals surface area (Å²) >= 11 is 13.0. The van der Waals surface area contributed by atoms with Gasteiger partial charge in [0.25, 0.3) is 0 Å². The summed E-state index contributed by atoms with van der Waals surface area (Å²) in [6, 6.07) is 3.79. The number of hydrogen-bond donors (Lipinski definition) is 3. The van der Waals surface area contributed by atoms with Crippen LogP contribution in [0.5, 0.6) is 17.2 Å². The molecule has 3 aromatic heterocycles. The summed E-state index contributed by atoms with van der Waals surface area (Å²) in [4.78, 5) is 4.11. The number of phenols is 3. The lowest BCUT2D eigenvalue weighted by molar-refractivity contribution is -0.142. The molecule has 0 aliphatic heterocycles. The Morgan fingerprint density at radius 3 is 2.42 bits per heavy atom. The van der Waals surface area contributed by atoms with E-state index in [1.165, 1.54) is 23.7 Å². The normalized spacial score (nSPS) is 11.8. The highest BCUT2D eigenvalue weighted by Gasteiger charge is 2.43. The average Bonchev–Trinajstić information content (AvgIpc) is 3.60. The van der Waals surface area contributed by atoms with Gasteiger partial charge in [0.2, 0.25) is 0 Å². The fraction of sp³-hybridized carbons (Fsp3) is 0.0455. The molecule has 0 saturated carbocycles. The first-order valence-corrected chi connectivity index (χ1v) is 11.8. The summed E-state index contributed by atoms with van der Waals surface area (Å²) in [6.07, 6.45) is -3.09. The second-order valence-corrected chi connectivity index (χ2v) is 9.29. The zero-order valence-electron chi connectivity index (χ0n) is 18.3. The van der Waals surface area contributed by atoms with E-state index in [9.17, 15) is 32.9 Å². The van der Waals surface area contributed by atoms with Gasteiger partial charge in [-0.25, -0.2) is 14.1 Å². The lowest BCUT2D eigenvalue weighted by Gasteiger charge is -2.17. The van der Waals surface area contributed by atoms with Crippen molar-refractivity contribution in [3.05, 3.63) is 57.5 Å². The van der Waals surface area contributed by atoms with Crippen LogP contribution in [0, 0.1) is 5.82 Å². The van der Waals surface area contributed by atoms with Gasteiger partial charge in [-0.3, -0.25) is 0 Å². The molecule has 3 heterocycles. The quantitative estimate of drug-likeness (QED) is 0.184. The third-order valence-corrected chi connectivity index (χ3v) is 6.87. The van der Waals surface area contributed by atoms with Crippen LogP contribution in [-0.2, 0) is 6.18 Å². The van der Waals surface area contributed by atoms with Crippen LogP contribution < -0.4 is 5.46 Å². The zero-order chi connectivity index (χ0) is 27.5. The lowest BCUT2D eigenvalue weighted by Crippen LogP contribution is -2.17. The third kappa shape index (κ3) is 3.96. The van der Waals surface area contributed by atoms with Crippen LogP contribution >= 0.6 is 34.5 Å². The first-order chi connectivity index (χ1) is 17.9. The molecule has 5 aromatic rings. The summed E-state index contributed by atoms with van der Waals surface area (Å²) in [6.45, 7) is 0. The monoisotopic (exact) mass is 582 g/mol. The smallest absolute Gasteiger partial charge is 0.434 e. The van der Waals surface area contributed by atoms with Crippen LogP contribution in [0.3, 0.4) is 0 Å². The highest BCUT2D eigenvalue weighted by Crippen LogP contribution is 2.49. The van der Waals surface area contributed by atoms with E-state index in [2.05, 4.69) is 15.2 Å². The molecule has 38 heavy (non-hydrogen) atoms. The van der Waals surface area contributed by atoms with Crippen molar-refractivity contribution in [2.45, 2.75) is 6.18 Å². The predicted octanol–water partition coefficient (Wildman–Crippen LogP) is 5.69. The first kappa shape index (κ1) is 25.9. The van der Waals surface area contributed by atoms with Crippen LogP contribution in [0.1, 0.15) is 5.69 Å². The largest absolute Gasteiger partial charge is 0.507 e. The van der Waals surface area contributed by atoms with Crippen LogP contribution in [-0.4, -0.2) is 43.1 Å². The molecule has 0 amide bonds. The highest BCUT2D eigenvalue weighted by atomic mass is 35.5. The van der Waals surface area contributed by atoms with Crippen molar-refractivity contribution in [1.29, 1.82) is 0 Å². The van der Waals surface area contributed by atoms with Crippen molar-refractivity contribution in [2.24, 2.45) is 0 Å². The Morgan fingerprint density at radius 1 is 1.05 bits per heavy atom. The number of benzene rings is 2. The molecule has 0 unspecified atom stereocenters. The second-order valence-electron chi connectivity index (χ2n) is 7.61. The maximum Gasteiger partial charge on any atom is 0.434 e. The Bertz CT molecular complexity index is 1660. The van der Waals surface area contributed by atoms with E-state index in [0.717, 1.165) is 23.6 Å². The van der Waals surface area contributed by atoms with E-state index < -0.39 is 62.4 Å². The molecular formula is C22H9BCl2F4N4O4S. The van der Waals surface area contributed by atoms with Gasteiger partial charge in [0.1, 0.15) is 46.6 Å². The fourth-order valence-electron chi connectivity index (χ4n) is 3.76. The predicted molar refractivity (Wildman–Crippen MR) is 131 cm³/mol. The van der Waals surface area contributed by atoms with Gasteiger partial charge in [-0.2, -0.15) is 18.3 Å². The Hall–Kier alpha value is -3.75. The van der Waals surface area contributed by atoms with E-state index in [0.29, 0.717) is 0 Å². The van der Waals surface area contributed by atoms with Gasteiger partial charge in [0.05, 0.1) is 27.9 Å². The van der Waals surface area contributed by atoms with Crippen molar-refractivity contribution in [3.63, 3.8) is 0 Å². The zero-order valence-corrected chi connectivity index (χ0v) is 20.6. The van der Waals surface area contributed by atoms with Crippen molar-refractivity contribution in [1.82, 2.24) is 19.9 Å². The Balaban J connectivity index is 1.85. The SMILES string of the molecule is [B]c1c(O)c(Cl)c(O)c(-n2ncc(-c3onc(-c4c(F)cccc4Cl)c3-c3nccs3)c2C(F)(F)F)c1O. The fourth-order valence-corrected chi connectivity index (χ4v) is 4.88. The lowest BCUT2D eigenvalue weighted by atomic mass is 9.92. The number of rotatable bonds is 4. The Morgan fingerprint density at radius 2 is 1.79 bits per heavy atom. The topological polar surface area (TPSA) is 117 Å². The van der Waals surface area contributed by atoms with Gasteiger partial charge in [0.15, 0.2) is 17.2 Å². The standard InChI is InChI=1S/C22H9BCl2F4N4O4S/c23-12-16(34)13(25)18(36)15(17(12)35)33-20(22(27,28)29)7(6-31-33)19-11(21-30-4-5-38-21)14(32-37-19)10-8(24)2-1-3-9(10)26/h1-6,34-36H. The van der Waals surface area contributed by atoms with Crippen molar-refractivity contribution in [2.75, 3.05) is 0 Å². The summed E-state index contributed by atoms with van der Waals surface area (Å²) < 4.78 is 63.7. The van der Waals surface area contributed by atoms with Crippen LogP contribution in [0.2, 0.25) is 10.0 Å². The molecule has 0 spiro atoms. The summed E-state index contributed by atoms with van der Waals surface area (Å²) in [5, 5.41) is 38.9. The molecule has 3 N–H and O–H groups in total. The molecule has 0 bridgehead atoms.